The zero-order chi connectivity index (χ0) is 14.6. The van der Waals surface area contributed by atoms with E-state index in [-0.39, 0.29) is 6.09 Å². The highest BCUT2D eigenvalue weighted by atomic mass is 16.6. The Hall–Kier alpha value is -1.78. The number of pyridine rings is 1. The van der Waals surface area contributed by atoms with Crippen molar-refractivity contribution in [3.63, 3.8) is 0 Å². The van der Waals surface area contributed by atoms with Gasteiger partial charge in [-0.25, -0.2) is 4.79 Å². The highest BCUT2D eigenvalue weighted by Crippen LogP contribution is 2.20. The van der Waals surface area contributed by atoms with Crippen LogP contribution in [-0.4, -0.2) is 41.3 Å². The Bertz CT molecular complexity index is 442. The first-order valence-corrected chi connectivity index (χ1v) is 6.95. The lowest BCUT2D eigenvalue weighted by molar-refractivity contribution is 0.0285. The lowest BCUT2D eigenvalue weighted by Crippen LogP contribution is -2.35. The number of carbonyl (C=O) groups is 1. The molecule has 5 nitrogen and oxygen atoms in total. The van der Waals surface area contributed by atoms with Crippen LogP contribution in [0.25, 0.3) is 0 Å². The highest BCUT2D eigenvalue weighted by molar-refractivity contribution is 5.68. The maximum Gasteiger partial charge on any atom is 0.410 e. The van der Waals surface area contributed by atoms with Crippen LogP contribution in [0.4, 0.5) is 4.79 Å². The van der Waals surface area contributed by atoms with Crippen molar-refractivity contribution in [2.75, 3.05) is 19.7 Å². The van der Waals surface area contributed by atoms with Crippen molar-refractivity contribution in [1.29, 1.82) is 0 Å². The van der Waals surface area contributed by atoms with Gasteiger partial charge < -0.3 is 14.4 Å². The lowest BCUT2D eigenvalue weighted by Gasteiger charge is -2.24. The number of nitrogens with zero attached hydrogens (tertiary/aromatic N) is 2. The third-order valence-corrected chi connectivity index (χ3v) is 3.06. The molecule has 1 aliphatic heterocycles. The summed E-state index contributed by atoms with van der Waals surface area (Å²) in [5, 5.41) is 0. The second kappa shape index (κ2) is 6.11. The molecule has 1 unspecified atom stereocenters. The van der Waals surface area contributed by atoms with E-state index in [1.54, 1.807) is 17.3 Å². The largest absolute Gasteiger partial charge is 0.492 e. The molecule has 1 aliphatic rings. The van der Waals surface area contributed by atoms with Crippen LogP contribution < -0.4 is 4.74 Å². The molecule has 0 radical (unpaired) electrons. The minimum atomic E-state index is -0.443. The number of aromatic nitrogens is 1. The number of likely N-dealkylation sites (tertiary alicyclic amines) is 1. The van der Waals surface area contributed by atoms with Gasteiger partial charge in [0.25, 0.3) is 0 Å². The van der Waals surface area contributed by atoms with Gasteiger partial charge in [-0.1, -0.05) is 0 Å². The van der Waals surface area contributed by atoms with Crippen molar-refractivity contribution >= 4 is 6.09 Å². The van der Waals surface area contributed by atoms with E-state index in [2.05, 4.69) is 4.98 Å². The van der Waals surface area contributed by atoms with Crippen molar-refractivity contribution in [2.45, 2.75) is 32.8 Å². The highest BCUT2D eigenvalue weighted by Gasteiger charge is 2.30. The van der Waals surface area contributed by atoms with Crippen LogP contribution in [-0.2, 0) is 4.74 Å². The molecule has 20 heavy (non-hydrogen) atoms. The van der Waals surface area contributed by atoms with E-state index in [1.165, 1.54) is 0 Å². The van der Waals surface area contributed by atoms with Crippen LogP contribution in [0.1, 0.15) is 27.2 Å². The van der Waals surface area contributed by atoms with Gasteiger partial charge in [0.15, 0.2) is 0 Å². The van der Waals surface area contributed by atoms with E-state index in [4.69, 9.17) is 9.47 Å². The number of ether oxygens (including phenoxy) is 2. The molecule has 1 aromatic rings. The summed E-state index contributed by atoms with van der Waals surface area (Å²) in [4.78, 5) is 17.7. The summed E-state index contributed by atoms with van der Waals surface area (Å²) in [7, 11) is 0. The molecule has 1 saturated heterocycles. The molecule has 0 aromatic carbocycles. The van der Waals surface area contributed by atoms with Crippen LogP contribution >= 0.6 is 0 Å². The Morgan fingerprint density at radius 2 is 2.30 bits per heavy atom. The van der Waals surface area contributed by atoms with Gasteiger partial charge in [0.2, 0.25) is 0 Å². The first-order valence-electron chi connectivity index (χ1n) is 6.95. The Morgan fingerprint density at radius 3 is 2.95 bits per heavy atom. The molecule has 0 saturated carbocycles. The fourth-order valence-corrected chi connectivity index (χ4v) is 2.11. The molecule has 1 amide bonds. The van der Waals surface area contributed by atoms with E-state index >= 15 is 0 Å². The molecular weight excluding hydrogens is 256 g/mol. The third-order valence-electron chi connectivity index (χ3n) is 3.06. The Kier molecular flexibility index (Phi) is 4.47. The molecule has 0 aliphatic carbocycles. The smallest absolute Gasteiger partial charge is 0.410 e. The first kappa shape index (κ1) is 14.6. The maximum absolute atomic E-state index is 11.9. The van der Waals surface area contributed by atoms with Crippen LogP contribution in [0, 0.1) is 5.92 Å². The molecule has 0 bridgehead atoms. The van der Waals surface area contributed by atoms with Gasteiger partial charge in [-0.15, -0.1) is 0 Å². The number of amides is 1. The normalized spacial score (nSPS) is 18.9. The average Bonchev–Trinajstić information content (AvgIpc) is 2.84. The van der Waals surface area contributed by atoms with E-state index < -0.39 is 5.60 Å². The molecular formula is C15H22N2O3. The minimum Gasteiger partial charge on any atom is -0.492 e. The topological polar surface area (TPSA) is 51.7 Å². The lowest BCUT2D eigenvalue weighted by atomic mass is 10.1. The van der Waals surface area contributed by atoms with E-state index in [0.29, 0.717) is 19.1 Å². The predicted octanol–water partition coefficient (Wildman–Crippen LogP) is 2.72. The van der Waals surface area contributed by atoms with Crippen LogP contribution in [0.5, 0.6) is 5.75 Å². The Morgan fingerprint density at radius 1 is 1.50 bits per heavy atom. The number of carbonyl (C=O) groups excluding carboxylic acids is 1. The molecule has 2 rings (SSSR count). The average molecular weight is 278 g/mol. The standard InChI is InChI=1S/C15H22N2O3/c1-15(2,3)20-14(18)17-8-6-12(10-17)11-19-13-5-4-7-16-9-13/h4-5,7,9,12H,6,8,10-11H2,1-3H3. The molecule has 0 spiro atoms. The summed E-state index contributed by atoms with van der Waals surface area (Å²) in [6, 6.07) is 3.73. The molecule has 1 atom stereocenters. The maximum atomic E-state index is 11.9. The second-order valence-electron chi connectivity index (χ2n) is 6.08. The number of hydrogen-bond acceptors (Lipinski definition) is 4. The van der Waals surface area contributed by atoms with Crippen LogP contribution in [0.3, 0.4) is 0 Å². The quantitative estimate of drug-likeness (QED) is 0.853. The van der Waals surface area contributed by atoms with Crippen LogP contribution in [0.2, 0.25) is 0 Å². The molecule has 1 aromatic heterocycles. The zero-order valence-corrected chi connectivity index (χ0v) is 12.3. The summed E-state index contributed by atoms with van der Waals surface area (Å²) < 4.78 is 11.0. The number of hydrogen-bond donors (Lipinski definition) is 0. The second-order valence-corrected chi connectivity index (χ2v) is 6.08. The minimum absolute atomic E-state index is 0.235. The van der Waals surface area contributed by atoms with Gasteiger partial charge in [0, 0.05) is 25.2 Å². The van der Waals surface area contributed by atoms with Gasteiger partial charge in [0.1, 0.15) is 11.4 Å². The molecule has 5 heteroatoms. The van der Waals surface area contributed by atoms with Gasteiger partial charge in [-0.3, -0.25) is 4.98 Å². The van der Waals surface area contributed by atoms with Gasteiger partial charge in [-0.05, 0) is 39.3 Å². The Labute approximate surface area is 119 Å². The van der Waals surface area contributed by atoms with Gasteiger partial charge in [0.05, 0.1) is 12.8 Å². The summed E-state index contributed by atoms with van der Waals surface area (Å²) in [5.41, 5.74) is -0.443. The molecule has 2 heterocycles. The van der Waals surface area contributed by atoms with Crippen LogP contribution in [0.15, 0.2) is 24.5 Å². The third kappa shape index (κ3) is 4.40. The summed E-state index contributed by atoms with van der Waals surface area (Å²) in [6.07, 6.45) is 4.12. The first-order chi connectivity index (χ1) is 9.44. The van der Waals surface area contributed by atoms with Crippen molar-refractivity contribution in [1.82, 2.24) is 9.88 Å². The fourth-order valence-electron chi connectivity index (χ4n) is 2.11. The number of rotatable bonds is 3. The summed E-state index contributed by atoms with van der Waals surface area (Å²) in [5.74, 6) is 1.12. The predicted molar refractivity (Wildman–Crippen MR) is 75.6 cm³/mol. The monoisotopic (exact) mass is 278 g/mol. The van der Waals surface area contributed by atoms with Gasteiger partial charge >= 0.3 is 6.09 Å². The van der Waals surface area contributed by atoms with Crippen molar-refractivity contribution in [3.05, 3.63) is 24.5 Å². The Balaban J connectivity index is 1.76. The van der Waals surface area contributed by atoms with E-state index in [1.807, 2.05) is 32.9 Å². The molecule has 0 N–H and O–H groups in total. The van der Waals surface area contributed by atoms with E-state index in [9.17, 15) is 4.79 Å². The summed E-state index contributed by atoms with van der Waals surface area (Å²) >= 11 is 0. The summed E-state index contributed by atoms with van der Waals surface area (Å²) in [6.45, 7) is 7.66. The van der Waals surface area contributed by atoms with E-state index in [0.717, 1.165) is 18.7 Å². The molecule has 1 fully saturated rings. The van der Waals surface area contributed by atoms with Crippen molar-refractivity contribution < 1.29 is 14.3 Å². The zero-order valence-electron chi connectivity index (χ0n) is 12.3. The molecule has 110 valence electrons. The SMILES string of the molecule is CC(C)(C)OC(=O)N1CCC(COc2cccnc2)C1. The van der Waals surface area contributed by atoms with Crippen molar-refractivity contribution in [2.24, 2.45) is 5.92 Å². The van der Waals surface area contributed by atoms with Crippen molar-refractivity contribution in [3.8, 4) is 5.75 Å². The van der Waals surface area contributed by atoms with Gasteiger partial charge in [-0.2, -0.15) is 0 Å². The fraction of sp³-hybridized carbons (Fsp3) is 0.600.